The number of hydrogen-bond acceptors (Lipinski definition) is 3. The molecule has 0 fully saturated rings. The van der Waals surface area contributed by atoms with Gasteiger partial charge in [-0.15, -0.1) is 0 Å². The zero-order valence-electron chi connectivity index (χ0n) is 12.1. The van der Waals surface area contributed by atoms with Gasteiger partial charge < -0.3 is 0 Å². The highest BCUT2D eigenvalue weighted by Gasteiger charge is 2.21. The highest BCUT2D eigenvalue weighted by atomic mass is 15.1. The maximum atomic E-state index is 9.19. The highest BCUT2D eigenvalue weighted by Crippen LogP contribution is 2.29. The second-order valence-electron chi connectivity index (χ2n) is 5.49. The molecule has 0 spiro atoms. The Labute approximate surface area is 119 Å². The van der Waals surface area contributed by atoms with Crippen LogP contribution in [0.3, 0.4) is 0 Å². The lowest BCUT2D eigenvalue weighted by Gasteiger charge is -2.29. The zero-order valence-corrected chi connectivity index (χ0v) is 12.1. The Bertz CT molecular complexity index is 697. The SMILES string of the molecule is CCN1CCc2nc3ccc(C)cc3c(CC#N)c2C1. The fraction of sp³-hybridized carbons (Fsp3) is 0.412. The van der Waals surface area contributed by atoms with Crippen molar-refractivity contribution in [3.63, 3.8) is 0 Å². The van der Waals surface area contributed by atoms with Crippen molar-refractivity contribution < 1.29 is 0 Å². The predicted octanol–water partition coefficient (Wildman–Crippen LogP) is 2.99. The average Bonchev–Trinajstić information content (AvgIpc) is 2.47. The van der Waals surface area contributed by atoms with Crippen LogP contribution in [0.4, 0.5) is 0 Å². The van der Waals surface area contributed by atoms with Gasteiger partial charge >= 0.3 is 0 Å². The number of nitrogens with zero attached hydrogens (tertiary/aromatic N) is 3. The number of benzene rings is 1. The molecule has 0 bridgehead atoms. The molecule has 0 saturated heterocycles. The normalized spacial score (nSPS) is 15.1. The summed E-state index contributed by atoms with van der Waals surface area (Å²) in [5.74, 6) is 0. The molecule has 1 aliphatic rings. The van der Waals surface area contributed by atoms with Crippen molar-refractivity contribution in [2.75, 3.05) is 13.1 Å². The first-order valence-corrected chi connectivity index (χ1v) is 7.23. The highest BCUT2D eigenvalue weighted by molar-refractivity contribution is 5.84. The lowest BCUT2D eigenvalue weighted by Crippen LogP contribution is -2.31. The topological polar surface area (TPSA) is 39.9 Å². The molecular formula is C17H19N3. The van der Waals surface area contributed by atoms with Crippen LogP contribution >= 0.6 is 0 Å². The molecule has 1 aliphatic heterocycles. The van der Waals surface area contributed by atoms with E-state index in [1.54, 1.807) is 0 Å². The molecule has 102 valence electrons. The molecule has 0 radical (unpaired) electrons. The van der Waals surface area contributed by atoms with Gasteiger partial charge in [0.25, 0.3) is 0 Å². The van der Waals surface area contributed by atoms with Crippen molar-refractivity contribution in [1.29, 1.82) is 5.26 Å². The fourth-order valence-corrected chi connectivity index (χ4v) is 3.05. The van der Waals surface area contributed by atoms with Crippen LogP contribution in [0.15, 0.2) is 18.2 Å². The van der Waals surface area contributed by atoms with Gasteiger partial charge in [0.1, 0.15) is 0 Å². The van der Waals surface area contributed by atoms with Gasteiger partial charge in [0.05, 0.1) is 18.0 Å². The van der Waals surface area contributed by atoms with Crippen LogP contribution in [0.5, 0.6) is 0 Å². The molecule has 0 N–H and O–H groups in total. The molecule has 3 nitrogen and oxygen atoms in total. The van der Waals surface area contributed by atoms with Crippen molar-refractivity contribution in [3.05, 3.63) is 40.6 Å². The van der Waals surface area contributed by atoms with Gasteiger partial charge in [-0.05, 0) is 36.7 Å². The summed E-state index contributed by atoms with van der Waals surface area (Å²) < 4.78 is 0. The number of aromatic nitrogens is 1. The Morgan fingerprint density at radius 3 is 3.00 bits per heavy atom. The first kappa shape index (κ1) is 13.1. The van der Waals surface area contributed by atoms with E-state index in [0.717, 1.165) is 37.0 Å². The van der Waals surface area contributed by atoms with E-state index in [-0.39, 0.29) is 0 Å². The third-order valence-electron chi connectivity index (χ3n) is 4.19. The number of rotatable bonds is 2. The summed E-state index contributed by atoms with van der Waals surface area (Å²) in [6.07, 6.45) is 1.47. The molecule has 3 heteroatoms. The van der Waals surface area contributed by atoms with Gasteiger partial charge in [0, 0.05) is 30.6 Å². The van der Waals surface area contributed by atoms with Crippen LogP contribution in [0.1, 0.15) is 29.3 Å². The predicted molar refractivity (Wildman–Crippen MR) is 80.5 cm³/mol. The molecule has 20 heavy (non-hydrogen) atoms. The Morgan fingerprint density at radius 2 is 2.25 bits per heavy atom. The van der Waals surface area contributed by atoms with E-state index in [0.29, 0.717) is 6.42 Å². The van der Waals surface area contributed by atoms with E-state index < -0.39 is 0 Å². The van der Waals surface area contributed by atoms with E-state index in [4.69, 9.17) is 4.98 Å². The molecule has 0 aliphatic carbocycles. The molecule has 3 rings (SSSR count). The van der Waals surface area contributed by atoms with Crippen molar-refractivity contribution in [3.8, 4) is 6.07 Å². The van der Waals surface area contributed by atoms with Gasteiger partial charge in [-0.3, -0.25) is 9.88 Å². The summed E-state index contributed by atoms with van der Waals surface area (Å²) in [6, 6.07) is 8.68. The fourth-order valence-electron chi connectivity index (χ4n) is 3.05. The second kappa shape index (κ2) is 5.22. The van der Waals surface area contributed by atoms with Crippen molar-refractivity contribution in [1.82, 2.24) is 9.88 Å². The molecule has 0 unspecified atom stereocenters. The second-order valence-corrected chi connectivity index (χ2v) is 5.49. The first-order chi connectivity index (χ1) is 9.72. The third kappa shape index (κ3) is 2.17. The third-order valence-corrected chi connectivity index (χ3v) is 4.19. The van der Waals surface area contributed by atoms with Gasteiger partial charge in [0.15, 0.2) is 0 Å². The van der Waals surface area contributed by atoms with Crippen molar-refractivity contribution >= 4 is 10.9 Å². The molecule has 2 heterocycles. The molecule has 0 saturated carbocycles. The van der Waals surface area contributed by atoms with Gasteiger partial charge in [0.2, 0.25) is 0 Å². The molecular weight excluding hydrogens is 246 g/mol. The standard InChI is InChI=1S/C17H19N3/c1-3-20-9-7-17-15(11-20)13(6-8-18)14-10-12(2)4-5-16(14)19-17/h4-5,10H,3,6-7,9,11H2,1-2H3. The van der Waals surface area contributed by atoms with Crippen LogP contribution in [0.2, 0.25) is 0 Å². The van der Waals surface area contributed by atoms with Crippen molar-refractivity contribution in [2.45, 2.75) is 33.2 Å². The first-order valence-electron chi connectivity index (χ1n) is 7.23. The lowest BCUT2D eigenvalue weighted by atomic mass is 9.93. The maximum absolute atomic E-state index is 9.19. The van der Waals surface area contributed by atoms with E-state index in [9.17, 15) is 5.26 Å². The van der Waals surface area contributed by atoms with Gasteiger partial charge in [-0.2, -0.15) is 5.26 Å². The number of pyridine rings is 1. The Hall–Kier alpha value is -1.92. The number of nitriles is 1. The van der Waals surface area contributed by atoms with E-state index in [1.165, 1.54) is 22.4 Å². The summed E-state index contributed by atoms with van der Waals surface area (Å²) in [4.78, 5) is 7.26. The maximum Gasteiger partial charge on any atom is 0.0708 e. The molecule has 2 aromatic rings. The summed E-state index contributed by atoms with van der Waals surface area (Å²) in [5.41, 5.74) is 5.93. The van der Waals surface area contributed by atoms with Gasteiger partial charge in [-0.1, -0.05) is 18.6 Å². The number of aryl methyl sites for hydroxylation is 1. The van der Waals surface area contributed by atoms with Gasteiger partial charge in [-0.25, -0.2) is 0 Å². The number of likely N-dealkylation sites (N-methyl/N-ethyl adjacent to an activating group) is 1. The summed E-state index contributed by atoms with van der Waals surface area (Å²) in [6.45, 7) is 7.33. The molecule has 1 aromatic heterocycles. The Kier molecular flexibility index (Phi) is 3.42. The Morgan fingerprint density at radius 1 is 1.40 bits per heavy atom. The van der Waals surface area contributed by atoms with Crippen LogP contribution < -0.4 is 0 Å². The van der Waals surface area contributed by atoms with E-state index >= 15 is 0 Å². The minimum atomic E-state index is 0.475. The monoisotopic (exact) mass is 265 g/mol. The molecule has 0 atom stereocenters. The molecule has 0 amide bonds. The summed E-state index contributed by atoms with van der Waals surface area (Å²) in [5, 5.41) is 10.3. The van der Waals surface area contributed by atoms with E-state index in [2.05, 4.69) is 43.0 Å². The zero-order chi connectivity index (χ0) is 14.1. The largest absolute Gasteiger partial charge is 0.299 e. The number of fused-ring (bicyclic) bond motifs is 2. The number of hydrogen-bond donors (Lipinski definition) is 0. The van der Waals surface area contributed by atoms with Crippen molar-refractivity contribution in [2.24, 2.45) is 0 Å². The smallest absolute Gasteiger partial charge is 0.0708 e. The quantitative estimate of drug-likeness (QED) is 0.838. The minimum absolute atomic E-state index is 0.475. The van der Waals surface area contributed by atoms with Crippen LogP contribution in [-0.4, -0.2) is 23.0 Å². The van der Waals surface area contributed by atoms with Crippen LogP contribution in [0.25, 0.3) is 10.9 Å². The molecule has 1 aromatic carbocycles. The Balaban J connectivity index is 2.24. The summed E-state index contributed by atoms with van der Waals surface area (Å²) in [7, 11) is 0. The van der Waals surface area contributed by atoms with Crippen LogP contribution in [-0.2, 0) is 19.4 Å². The van der Waals surface area contributed by atoms with E-state index in [1.807, 2.05) is 0 Å². The summed E-state index contributed by atoms with van der Waals surface area (Å²) >= 11 is 0. The van der Waals surface area contributed by atoms with Crippen LogP contribution in [0, 0.1) is 18.3 Å². The minimum Gasteiger partial charge on any atom is -0.299 e. The lowest BCUT2D eigenvalue weighted by molar-refractivity contribution is 0.265. The average molecular weight is 265 g/mol.